The predicted octanol–water partition coefficient (Wildman–Crippen LogP) is -0.277. The monoisotopic (exact) mass is 515 g/mol. The number of aromatic amines is 1. The molecule has 13 heteroatoms. The predicted molar refractivity (Wildman–Crippen MR) is 133 cm³/mol. The Balaban J connectivity index is 1.38. The zero-order valence-corrected chi connectivity index (χ0v) is 20.3. The van der Waals surface area contributed by atoms with E-state index in [0.717, 1.165) is 43.6 Å². The standard InChI is InChI=1S/C23H29N7O5S/c31-21(27-14-19(22(32)33)30-36(34,35)15-6-2-1-3-7-15)17-9-4-8-16-18(28-29-20(16)17)10-5-11-24-23-25-12-13-26-23/h1-4,6-9,19,23-26,30H,5,10-14H2,(H,27,31)(H,28,29)(H,32,33). The van der Waals surface area contributed by atoms with E-state index in [9.17, 15) is 23.1 Å². The molecule has 2 aromatic carbocycles. The molecule has 1 atom stereocenters. The molecule has 0 aliphatic carbocycles. The average molecular weight is 516 g/mol. The number of amides is 1. The number of benzene rings is 2. The number of H-pyrrole nitrogens is 1. The van der Waals surface area contributed by atoms with Crippen LogP contribution in [0.15, 0.2) is 53.4 Å². The van der Waals surface area contributed by atoms with Crippen molar-refractivity contribution in [2.24, 2.45) is 0 Å². The van der Waals surface area contributed by atoms with Crippen molar-refractivity contribution in [1.29, 1.82) is 0 Å². The van der Waals surface area contributed by atoms with Gasteiger partial charge in [-0.25, -0.2) is 8.42 Å². The quantitative estimate of drug-likeness (QED) is 0.160. The molecule has 1 aliphatic heterocycles. The lowest BCUT2D eigenvalue weighted by atomic mass is 10.1. The highest BCUT2D eigenvalue weighted by Crippen LogP contribution is 2.21. The van der Waals surface area contributed by atoms with Crippen molar-refractivity contribution >= 4 is 32.8 Å². The number of aromatic nitrogens is 2. The third kappa shape index (κ3) is 6.25. The molecule has 0 spiro atoms. The molecular formula is C23H29N7O5S. The van der Waals surface area contributed by atoms with Crippen LogP contribution in [-0.4, -0.2) is 74.1 Å². The number of aliphatic carboxylic acids is 1. The topological polar surface area (TPSA) is 177 Å². The summed E-state index contributed by atoms with van der Waals surface area (Å²) >= 11 is 0. The van der Waals surface area contributed by atoms with Crippen molar-refractivity contribution in [1.82, 2.24) is 36.2 Å². The molecule has 7 N–H and O–H groups in total. The van der Waals surface area contributed by atoms with Crippen LogP contribution < -0.4 is 26.0 Å². The number of carbonyl (C=O) groups is 2. The number of carboxylic acids is 1. The maximum absolute atomic E-state index is 12.9. The highest BCUT2D eigenvalue weighted by molar-refractivity contribution is 7.89. The van der Waals surface area contributed by atoms with Gasteiger partial charge in [0.05, 0.1) is 10.5 Å². The first-order valence-electron chi connectivity index (χ1n) is 11.6. The molecule has 12 nitrogen and oxygen atoms in total. The first-order chi connectivity index (χ1) is 17.3. The molecule has 36 heavy (non-hydrogen) atoms. The first kappa shape index (κ1) is 25.7. The van der Waals surface area contributed by atoms with E-state index in [4.69, 9.17) is 0 Å². The number of aryl methyl sites for hydroxylation is 1. The Kier molecular flexibility index (Phi) is 8.28. The van der Waals surface area contributed by atoms with E-state index in [-0.39, 0.29) is 16.7 Å². The summed E-state index contributed by atoms with van der Waals surface area (Å²) in [6.45, 7) is 2.21. The minimum Gasteiger partial charge on any atom is -0.480 e. The molecule has 192 valence electrons. The van der Waals surface area contributed by atoms with E-state index in [2.05, 4.69) is 36.2 Å². The number of nitrogens with zero attached hydrogens (tertiary/aromatic N) is 1. The van der Waals surface area contributed by atoms with Gasteiger partial charge in [0, 0.05) is 30.7 Å². The van der Waals surface area contributed by atoms with Gasteiger partial charge in [0.1, 0.15) is 17.8 Å². The zero-order valence-electron chi connectivity index (χ0n) is 19.5. The lowest BCUT2D eigenvalue weighted by Crippen LogP contribution is -2.48. The molecule has 0 saturated carbocycles. The Morgan fingerprint density at radius 3 is 2.56 bits per heavy atom. The van der Waals surface area contributed by atoms with Gasteiger partial charge >= 0.3 is 5.97 Å². The van der Waals surface area contributed by atoms with Gasteiger partial charge in [0.2, 0.25) is 10.0 Å². The number of para-hydroxylation sites is 1. The lowest BCUT2D eigenvalue weighted by Gasteiger charge is -2.16. The summed E-state index contributed by atoms with van der Waals surface area (Å²) in [4.78, 5) is 24.5. The second kappa shape index (κ2) is 11.6. The number of carbonyl (C=O) groups excluding carboxylic acids is 1. The van der Waals surface area contributed by atoms with E-state index in [0.29, 0.717) is 5.52 Å². The summed E-state index contributed by atoms with van der Waals surface area (Å²) in [6.07, 6.45) is 1.70. The average Bonchev–Trinajstić information content (AvgIpc) is 3.54. The van der Waals surface area contributed by atoms with Crippen LogP contribution in [0.2, 0.25) is 0 Å². The number of hydrogen-bond acceptors (Lipinski definition) is 8. The number of hydrogen-bond donors (Lipinski definition) is 7. The molecule has 0 bridgehead atoms. The summed E-state index contributed by atoms with van der Waals surface area (Å²) in [5, 5.41) is 30.1. The smallest absolute Gasteiger partial charge is 0.323 e. The third-order valence-corrected chi connectivity index (χ3v) is 7.29. The molecule has 4 rings (SSSR count). The number of carboxylic acid groups (broad SMARTS) is 1. The van der Waals surface area contributed by atoms with E-state index >= 15 is 0 Å². The van der Waals surface area contributed by atoms with E-state index < -0.39 is 34.5 Å². The minimum atomic E-state index is -4.08. The van der Waals surface area contributed by atoms with Crippen molar-refractivity contribution in [2.45, 2.75) is 30.1 Å². The summed E-state index contributed by atoms with van der Waals surface area (Å²) in [5.74, 6) is -1.96. The summed E-state index contributed by atoms with van der Waals surface area (Å²) in [6, 6.07) is 11.1. The second-order valence-electron chi connectivity index (χ2n) is 8.34. The number of fused-ring (bicyclic) bond motifs is 1. The molecule has 0 radical (unpaired) electrons. The summed E-state index contributed by atoms with van der Waals surface area (Å²) < 4.78 is 27.1. The largest absolute Gasteiger partial charge is 0.480 e. The normalized spacial score (nSPS) is 15.2. The van der Waals surface area contributed by atoms with Crippen LogP contribution in [0.3, 0.4) is 0 Å². The van der Waals surface area contributed by atoms with Crippen LogP contribution >= 0.6 is 0 Å². The summed E-state index contributed by atoms with van der Waals surface area (Å²) in [7, 11) is -4.08. The lowest BCUT2D eigenvalue weighted by molar-refractivity contribution is -0.138. The second-order valence-corrected chi connectivity index (χ2v) is 10.1. The van der Waals surface area contributed by atoms with Crippen LogP contribution in [-0.2, 0) is 21.2 Å². The Hall–Kier alpha value is -3.36. The van der Waals surface area contributed by atoms with Crippen LogP contribution in [0.5, 0.6) is 0 Å². The molecule has 3 aromatic rings. The maximum atomic E-state index is 12.9. The van der Waals surface area contributed by atoms with Crippen molar-refractivity contribution in [3.8, 4) is 0 Å². The van der Waals surface area contributed by atoms with E-state index in [1.54, 1.807) is 18.2 Å². The fourth-order valence-corrected chi connectivity index (χ4v) is 5.16. The van der Waals surface area contributed by atoms with Crippen molar-refractivity contribution in [3.05, 3.63) is 59.8 Å². The fraction of sp³-hybridized carbons (Fsp3) is 0.348. The molecule has 1 amide bonds. The first-order valence-corrected chi connectivity index (χ1v) is 13.1. The highest BCUT2D eigenvalue weighted by Gasteiger charge is 2.26. The SMILES string of the molecule is O=C(NCC(NS(=O)(=O)c1ccccc1)C(=O)O)c1cccc2c(CCCNC3NCCN3)[nH]nc12. The van der Waals surface area contributed by atoms with Gasteiger partial charge in [-0.15, -0.1) is 0 Å². The Morgan fingerprint density at radius 1 is 1.08 bits per heavy atom. The van der Waals surface area contributed by atoms with Gasteiger partial charge in [-0.2, -0.15) is 9.82 Å². The molecule has 1 aliphatic rings. The molecule has 1 saturated heterocycles. The number of nitrogens with one attached hydrogen (secondary N) is 6. The molecule has 2 heterocycles. The van der Waals surface area contributed by atoms with Gasteiger partial charge in [-0.1, -0.05) is 30.3 Å². The van der Waals surface area contributed by atoms with Gasteiger partial charge in [-0.3, -0.25) is 30.6 Å². The Bertz CT molecular complexity index is 1310. The van der Waals surface area contributed by atoms with E-state index in [1.807, 2.05) is 6.07 Å². The van der Waals surface area contributed by atoms with E-state index in [1.165, 1.54) is 24.3 Å². The molecule has 1 fully saturated rings. The summed E-state index contributed by atoms with van der Waals surface area (Å²) in [5.41, 5.74) is 1.63. The van der Waals surface area contributed by atoms with Crippen molar-refractivity contribution < 1.29 is 23.1 Å². The molecular weight excluding hydrogens is 486 g/mol. The maximum Gasteiger partial charge on any atom is 0.323 e. The fourth-order valence-electron chi connectivity index (χ4n) is 3.95. The molecule has 1 aromatic heterocycles. The van der Waals surface area contributed by atoms with Crippen LogP contribution in [0, 0.1) is 0 Å². The van der Waals surface area contributed by atoms with Crippen molar-refractivity contribution in [2.75, 3.05) is 26.2 Å². The Morgan fingerprint density at radius 2 is 1.83 bits per heavy atom. The zero-order chi connectivity index (χ0) is 25.5. The van der Waals surface area contributed by atoms with Gasteiger partial charge in [0.15, 0.2) is 0 Å². The number of sulfonamides is 1. The molecule has 1 unspecified atom stereocenters. The number of rotatable bonds is 12. The van der Waals surface area contributed by atoms with Crippen LogP contribution in [0.4, 0.5) is 0 Å². The van der Waals surface area contributed by atoms with Gasteiger partial charge < -0.3 is 10.4 Å². The van der Waals surface area contributed by atoms with Crippen LogP contribution in [0.1, 0.15) is 22.5 Å². The van der Waals surface area contributed by atoms with Gasteiger partial charge in [-0.05, 0) is 37.6 Å². The minimum absolute atomic E-state index is 0.0673. The third-order valence-electron chi connectivity index (χ3n) is 5.80. The van der Waals surface area contributed by atoms with Crippen LogP contribution in [0.25, 0.3) is 10.9 Å². The Labute approximate surface area is 208 Å². The highest BCUT2D eigenvalue weighted by atomic mass is 32.2. The van der Waals surface area contributed by atoms with Crippen molar-refractivity contribution in [3.63, 3.8) is 0 Å². The van der Waals surface area contributed by atoms with Gasteiger partial charge in [0.25, 0.3) is 5.91 Å².